The lowest BCUT2D eigenvalue weighted by Crippen LogP contribution is -2.16. The number of fused-ring (bicyclic) bond motifs is 14. The van der Waals surface area contributed by atoms with Crippen LogP contribution < -0.4 is 9.80 Å². The molecule has 2 aromatic heterocycles. The van der Waals surface area contributed by atoms with Crippen molar-refractivity contribution in [3.8, 4) is 33.6 Å². The van der Waals surface area contributed by atoms with Gasteiger partial charge in [-0.2, -0.15) is 0 Å². The SMILES string of the molecule is CC1(C)c2ccc3cc2-c2cc(ccc21)N(c1ccc2c4ccccc4n(-c4cccc5ccccc45)c2c1)c1cccc(c1)-c1cccc(c1)N3c1ccc2c3ccccc3n(-c3ccccc3)c2c1. The minimum absolute atomic E-state index is 0.195. The largest absolute Gasteiger partial charge is 0.310 e. The van der Waals surface area contributed by atoms with Crippen LogP contribution in [0.5, 0.6) is 0 Å². The van der Waals surface area contributed by atoms with Gasteiger partial charge < -0.3 is 18.9 Å². The van der Waals surface area contributed by atoms with E-state index in [1.54, 1.807) is 0 Å². The van der Waals surface area contributed by atoms with Gasteiger partial charge in [-0.3, -0.25) is 0 Å². The molecule has 4 heteroatoms. The van der Waals surface area contributed by atoms with Crippen LogP contribution >= 0.6 is 0 Å². The zero-order valence-electron chi connectivity index (χ0n) is 39.4. The van der Waals surface area contributed by atoms with E-state index in [1.807, 2.05) is 0 Å². The van der Waals surface area contributed by atoms with Gasteiger partial charge in [0.1, 0.15) is 0 Å². The molecular formula is C67H46N4. The molecule has 0 radical (unpaired) electrons. The van der Waals surface area contributed by atoms with Gasteiger partial charge >= 0.3 is 0 Å². The number of rotatable bonds is 4. The van der Waals surface area contributed by atoms with E-state index in [0.717, 1.165) is 50.9 Å². The number of para-hydroxylation sites is 3. The van der Waals surface area contributed by atoms with Crippen molar-refractivity contribution >= 4 is 88.5 Å². The van der Waals surface area contributed by atoms with E-state index in [4.69, 9.17) is 0 Å². The third-order valence-electron chi connectivity index (χ3n) is 15.6. The fourth-order valence-corrected chi connectivity index (χ4v) is 12.3. The van der Waals surface area contributed by atoms with Gasteiger partial charge in [0.15, 0.2) is 0 Å². The quantitative estimate of drug-likeness (QED) is 0.175. The first-order chi connectivity index (χ1) is 35.0. The summed E-state index contributed by atoms with van der Waals surface area (Å²) in [6.07, 6.45) is 0. The molecule has 71 heavy (non-hydrogen) atoms. The highest BCUT2D eigenvalue weighted by Gasteiger charge is 2.37. The summed E-state index contributed by atoms with van der Waals surface area (Å²) in [6.45, 7) is 4.76. The standard InChI is InChI=1S/C67H46N4/c1-67(2)60-35-31-49-39-58(60)59-40-50(32-36-61(59)67)69(52-30-34-57-55-25-9-11-27-64(55)71(66(57)42-52)62-28-14-16-43-15-6-7-23-53(43)62)48-22-13-18-45(38-48)44-17-12-21-47(37-44)68(49)51-29-33-56-54-24-8-10-26-63(54)70(65(56)41-51)46-19-4-3-5-20-46/h3-42H,1-2H3. The van der Waals surface area contributed by atoms with Gasteiger partial charge in [0, 0.05) is 72.2 Å². The van der Waals surface area contributed by atoms with Crippen LogP contribution in [0.2, 0.25) is 0 Å². The van der Waals surface area contributed by atoms with E-state index >= 15 is 0 Å². The highest BCUT2D eigenvalue weighted by Crippen LogP contribution is 2.53. The molecule has 334 valence electrons. The molecule has 2 aliphatic rings. The van der Waals surface area contributed by atoms with E-state index in [1.165, 1.54) is 82.3 Å². The van der Waals surface area contributed by atoms with Gasteiger partial charge in [-0.15, -0.1) is 0 Å². The van der Waals surface area contributed by atoms with Gasteiger partial charge in [-0.1, -0.05) is 153 Å². The minimum atomic E-state index is -0.195. The minimum Gasteiger partial charge on any atom is -0.310 e. The first kappa shape index (κ1) is 39.8. The lowest BCUT2D eigenvalue weighted by atomic mass is 9.82. The Balaban J connectivity index is 0.965. The molecule has 0 saturated carbocycles. The molecule has 0 saturated heterocycles. The summed E-state index contributed by atoms with van der Waals surface area (Å²) in [5, 5.41) is 7.40. The Hall–Kier alpha value is -9.12. The van der Waals surface area contributed by atoms with E-state index in [2.05, 4.69) is 275 Å². The molecule has 0 fully saturated rings. The van der Waals surface area contributed by atoms with Gasteiger partial charge in [0.25, 0.3) is 0 Å². The molecule has 0 atom stereocenters. The summed E-state index contributed by atoms with van der Waals surface area (Å²) in [4.78, 5) is 4.92. The Morgan fingerprint density at radius 2 is 0.704 bits per heavy atom. The second-order valence-electron chi connectivity index (χ2n) is 19.8. The summed E-state index contributed by atoms with van der Waals surface area (Å²) in [5.74, 6) is 0. The summed E-state index contributed by atoms with van der Waals surface area (Å²) in [7, 11) is 0. The zero-order valence-corrected chi connectivity index (χ0v) is 39.4. The summed E-state index contributed by atoms with van der Waals surface area (Å²) in [5.41, 5.74) is 21.0. The molecule has 0 unspecified atom stereocenters. The van der Waals surface area contributed by atoms with Crippen molar-refractivity contribution < 1.29 is 0 Å². The predicted molar refractivity (Wildman–Crippen MR) is 299 cm³/mol. The van der Waals surface area contributed by atoms with Crippen LogP contribution in [0.4, 0.5) is 34.1 Å². The second-order valence-corrected chi connectivity index (χ2v) is 19.8. The van der Waals surface area contributed by atoms with Gasteiger partial charge in [0.2, 0.25) is 0 Å². The Morgan fingerprint density at radius 3 is 1.31 bits per heavy atom. The van der Waals surface area contributed by atoms with Crippen molar-refractivity contribution in [1.29, 1.82) is 0 Å². The molecule has 13 aromatic rings. The maximum atomic E-state index is 2.47. The number of aromatic nitrogens is 2. The molecule has 0 amide bonds. The van der Waals surface area contributed by atoms with E-state index in [0.29, 0.717) is 0 Å². The number of hydrogen-bond donors (Lipinski definition) is 0. The smallest absolute Gasteiger partial charge is 0.0562 e. The van der Waals surface area contributed by atoms with Crippen LogP contribution in [0.1, 0.15) is 25.0 Å². The van der Waals surface area contributed by atoms with E-state index in [-0.39, 0.29) is 5.41 Å². The first-order valence-corrected chi connectivity index (χ1v) is 24.7. The van der Waals surface area contributed by atoms with Crippen molar-refractivity contribution in [3.05, 3.63) is 254 Å². The first-order valence-electron chi connectivity index (χ1n) is 24.7. The van der Waals surface area contributed by atoms with Crippen LogP contribution in [0, 0.1) is 0 Å². The maximum Gasteiger partial charge on any atom is 0.0562 e. The average Bonchev–Trinajstić information content (AvgIpc) is 4.00. The normalized spacial score (nSPS) is 13.5. The van der Waals surface area contributed by atoms with Gasteiger partial charge in [-0.25, -0.2) is 0 Å². The van der Waals surface area contributed by atoms with Crippen molar-refractivity contribution in [2.45, 2.75) is 19.3 Å². The van der Waals surface area contributed by atoms with E-state index in [9.17, 15) is 0 Å². The summed E-state index contributed by atoms with van der Waals surface area (Å²) < 4.78 is 4.88. The van der Waals surface area contributed by atoms with Crippen molar-refractivity contribution in [2.24, 2.45) is 0 Å². The summed E-state index contributed by atoms with van der Waals surface area (Å²) in [6, 6.07) is 90.3. The Morgan fingerprint density at radius 1 is 0.282 bits per heavy atom. The molecule has 4 nitrogen and oxygen atoms in total. The van der Waals surface area contributed by atoms with Crippen LogP contribution in [0.15, 0.2) is 243 Å². The fourth-order valence-electron chi connectivity index (χ4n) is 12.3. The molecular weight excluding hydrogens is 861 g/mol. The van der Waals surface area contributed by atoms with Crippen LogP contribution in [0.3, 0.4) is 0 Å². The Bertz CT molecular complexity index is 4340. The topological polar surface area (TPSA) is 16.3 Å². The zero-order chi connectivity index (χ0) is 47.0. The Kier molecular flexibility index (Phi) is 8.38. The average molecular weight is 907 g/mol. The highest BCUT2D eigenvalue weighted by molar-refractivity contribution is 6.13. The molecule has 8 bridgehead atoms. The number of benzene rings is 11. The molecule has 3 heterocycles. The lowest BCUT2D eigenvalue weighted by molar-refractivity contribution is 0.660. The molecule has 1 aliphatic carbocycles. The van der Waals surface area contributed by atoms with Crippen molar-refractivity contribution in [2.75, 3.05) is 9.80 Å². The lowest BCUT2D eigenvalue weighted by Gasteiger charge is -2.28. The van der Waals surface area contributed by atoms with Crippen LogP contribution in [-0.4, -0.2) is 9.13 Å². The third kappa shape index (κ3) is 5.85. The molecule has 0 N–H and O–H groups in total. The van der Waals surface area contributed by atoms with Crippen molar-refractivity contribution in [1.82, 2.24) is 9.13 Å². The van der Waals surface area contributed by atoms with Crippen molar-refractivity contribution in [3.63, 3.8) is 0 Å². The predicted octanol–water partition coefficient (Wildman–Crippen LogP) is 18.3. The number of anilines is 6. The molecule has 0 spiro atoms. The number of nitrogens with zero attached hydrogens (tertiary/aromatic N) is 4. The van der Waals surface area contributed by atoms with E-state index < -0.39 is 0 Å². The highest BCUT2D eigenvalue weighted by atomic mass is 15.2. The van der Waals surface area contributed by atoms with Crippen LogP contribution in [0.25, 0.3) is 88.0 Å². The maximum absolute atomic E-state index is 2.47. The van der Waals surface area contributed by atoms with Gasteiger partial charge in [0.05, 0.1) is 27.8 Å². The van der Waals surface area contributed by atoms with Crippen LogP contribution in [-0.2, 0) is 5.41 Å². The molecule has 15 rings (SSSR count). The third-order valence-corrected chi connectivity index (χ3v) is 15.6. The van der Waals surface area contributed by atoms with Gasteiger partial charge in [-0.05, 0) is 142 Å². The molecule has 11 aromatic carbocycles. The summed E-state index contributed by atoms with van der Waals surface area (Å²) >= 11 is 0. The second kappa shape index (κ2) is 14.9. The fraction of sp³-hybridized carbons (Fsp3) is 0.0448. The monoisotopic (exact) mass is 906 g/mol. The molecule has 1 aliphatic heterocycles. The number of hydrogen-bond acceptors (Lipinski definition) is 2. The Labute approximate surface area is 412 Å².